The molecule has 1 N–H and O–H groups in total. The van der Waals surface area contributed by atoms with Crippen LogP contribution < -0.4 is 10.1 Å². The van der Waals surface area contributed by atoms with E-state index in [9.17, 15) is 4.79 Å². The third kappa shape index (κ3) is 4.38. The van der Waals surface area contributed by atoms with Gasteiger partial charge in [-0.05, 0) is 50.3 Å². The molecule has 15 heavy (non-hydrogen) atoms. The summed E-state index contributed by atoms with van der Waals surface area (Å²) in [6.07, 6.45) is -0.403. The average molecular weight is 339 g/mol. The molecule has 0 bridgehead atoms. The summed E-state index contributed by atoms with van der Waals surface area (Å²) in [4.78, 5) is 12.5. The molecule has 1 amide bonds. The molecule has 0 saturated carbocycles. The first-order chi connectivity index (χ1) is 6.78. The Kier molecular flexibility index (Phi) is 3.99. The maximum atomic E-state index is 11.5. The van der Waals surface area contributed by atoms with Gasteiger partial charge in [-0.2, -0.15) is 0 Å². The van der Waals surface area contributed by atoms with Gasteiger partial charge in [0.1, 0.15) is 5.75 Å². The van der Waals surface area contributed by atoms with E-state index >= 15 is 0 Å². The molecule has 0 radical (unpaired) electrons. The summed E-state index contributed by atoms with van der Waals surface area (Å²) < 4.78 is 6.31. The Balaban J connectivity index is 2.63. The van der Waals surface area contributed by atoms with Gasteiger partial charge in [-0.15, -0.1) is 11.3 Å². The van der Waals surface area contributed by atoms with E-state index in [4.69, 9.17) is 4.74 Å². The Morgan fingerprint density at radius 2 is 2.13 bits per heavy atom. The van der Waals surface area contributed by atoms with Crippen molar-refractivity contribution >= 4 is 40.0 Å². The van der Waals surface area contributed by atoms with Gasteiger partial charge in [0.25, 0.3) is 0 Å². The third-order valence-corrected chi connectivity index (χ3v) is 3.31. The van der Waals surface area contributed by atoms with Gasteiger partial charge >= 0.3 is 6.09 Å². The van der Waals surface area contributed by atoms with Gasteiger partial charge in [0.15, 0.2) is 0 Å². The third-order valence-electron chi connectivity index (χ3n) is 1.52. The molecule has 0 saturated heterocycles. The molecule has 1 aromatic heterocycles. The molecule has 84 valence electrons. The summed E-state index contributed by atoms with van der Waals surface area (Å²) >= 11 is 3.82. The Morgan fingerprint density at radius 1 is 1.53 bits per heavy atom. The average Bonchev–Trinajstić information content (AvgIpc) is 2.25. The van der Waals surface area contributed by atoms with Crippen LogP contribution in [0.25, 0.3) is 0 Å². The molecular weight excluding hydrogens is 325 g/mol. The van der Waals surface area contributed by atoms with Crippen molar-refractivity contribution in [1.29, 1.82) is 0 Å². The van der Waals surface area contributed by atoms with E-state index < -0.39 is 6.09 Å². The van der Waals surface area contributed by atoms with Crippen LogP contribution in [0.1, 0.15) is 25.6 Å². The summed E-state index contributed by atoms with van der Waals surface area (Å²) in [5.41, 5.74) is -0.270. The predicted molar refractivity (Wildman–Crippen MR) is 70.7 cm³/mol. The Hall–Kier alpha value is -0.300. The number of hydrogen-bond donors (Lipinski definition) is 1. The van der Waals surface area contributed by atoms with Crippen LogP contribution in [0.2, 0.25) is 0 Å². The van der Waals surface area contributed by atoms with Crippen LogP contribution in [0.5, 0.6) is 5.75 Å². The van der Waals surface area contributed by atoms with Crippen LogP contribution in [0.4, 0.5) is 4.79 Å². The minimum Gasteiger partial charge on any atom is -0.409 e. The number of hydrogen-bond acceptors (Lipinski definition) is 3. The minimum atomic E-state index is -0.403. The lowest BCUT2D eigenvalue weighted by atomic mass is 10.1. The van der Waals surface area contributed by atoms with Gasteiger partial charge in [0.2, 0.25) is 0 Å². The Bertz CT molecular complexity index is 368. The van der Waals surface area contributed by atoms with Crippen molar-refractivity contribution < 1.29 is 9.53 Å². The van der Waals surface area contributed by atoms with E-state index in [-0.39, 0.29) is 5.54 Å². The van der Waals surface area contributed by atoms with Crippen molar-refractivity contribution in [3.63, 3.8) is 0 Å². The largest absolute Gasteiger partial charge is 0.413 e. The van der Waals surface area contributed by atoms with Gasteiger partial charge in [-0.3, -0.25) is 0 Å². The Labute approximate surface area is 107 Å². The molecule has 0 atom stereocenters. The second-order valence-electron chi connectivity index (χ2n) is 4.24. The molecule has 0 aliphatic carbocycles. The van der Waals surface area contributed by atoms with Crippen LogP contribution in [-0.2, 0) is 0 Å². The van der Waals surface area contributed by atoms with E-state index in [1.54, 1.807) is 11.3 Å². The number of rotatable bonds is 1. The minimum absolute atomic E-state index is 0.270. The second-order valence-corrected chi connectivity index (χ2v) is 7.39. The quantitative estimate of drug-likeness (QED) is 0.795. The van der Waals surface area contributed by atoms with Gasteiger partial charge in [0, 0.05) is 16.5 Å². The lowest BCUT2D eigenvalue weighted by Gasteiger charge is -2.19. The van der Waals surface area contributed by atoms with Crippen molar-refractivity contribution in [2.24, 2.45) is 0 Å². The standard InChI is InChI=1S/C10H14INO2S/c1-6-7(5-8(11)15-6)14-9(13)12-10(2,3)4/h5H,1-4H3,(H,12,13). The molecule has 0 aliphatic heterocycles. The van der Waals surface area contributed by atoms with Crippen molar-refractivity contribution in [2.75, 3.05) is 0 Å². The van der Waals surface area contributed by atoms with Gasteiger partial charge < -0.3 is 10.1 Å². The number of carbonyl (C=O) groups is 1. The fraction of sp³-hybridized carbons (Fsp3) is 0.500. The summed E-state index contributed by atoms with van der Waals surface area (Å²) in [5, 5.41) is 2.75. The summed E-state index contributed by atoms with van der Waals surface area (Å²) in [7, 11) is 0. The monoisotopic (exact) mass is 339 g/mol. The smallest absolute Gasteiger partial charge is 0.409 e. The fourth-order valence-electron chi connectivity index (χ4n) is 0.964. The van der Waals surface area contributed by atoms with Gasteiger partial charge in [-0.25, -0.2) is 4.79 Å². The fourth-order valence-corrected chi connectivity index (χ4v) is 2.90. The van der Waals surface area contributed by atoms with Crippen LogP contribution >= 0.6 is 33.9 Å². The van der Waals surface area contributed by atoms with Crippen LogP contribution in [-0.4, -0.2) is 11.6 Å². The van der Waals surface area contributed by atoms with Gasteiger partial charge in [-0.1, -0.05) is 0 Å². The summed E-state index contributed by atoms with van der Waals surface area (Å²) in [5.74, 6) is 0.645. The zero-order valence-corrected chi connectivity index (χ0v) is 12.2. The lowest BCUT2D eigenvalue weighted by molar-refractivity contribution is 0.190. The Morgan fingerprint density at radius 3 is 2.53 bits per heavy atom. The number of carbonyl (C=O) groups excluding carboxylic acids is 1. The van der Waals surface area contributed by atoms with Crippen molar-refractivity contribution in [3.05, 3.63) is 13.8 Å². The number of nitrogens with one attached hydrogen (secondary N) is 1. The highest BCUT2D eigenvalue weighted by atomic mass is 127. The molecule has 3 nitrogen and oxygen atoms in total. The number of thiophene rings is 1. The maximum absolute atomic E-state index is 11.5. The normalized spacial score (nSPS) is 11.3. The van der Waals surface area contributed by atoms with Crippen LogP contribution in [0, 0.1) is 9.81 Å². The lowest BCUT2D eigenvalue weighted by Crippen LogP contribution is -2.42. The highest BCUT2D eigenvalue weighted by Crippen LogP contribution is 2.29. The molecule has 0 spiro atoms. The molecule has 0 unspecified atom stereocenters. The molecule has 1 heterocycles. The van der Waals surface area contributed by atoms with Crippen LogP contribution in [0.3, 0.4) is 0 Å². The zero-order chi connectivity index (χ0) is 11.6. The highest BCUT2D eigenvalue weighted by Gasteiger charge is 2.16. The van der Waals surface area contributed by atoms with Crippen molar-refractivity contribution in [3.8, 4) is 5.75 Å². The van der Waals surface area contributed by atoms with Crippen molar-refractivity contribution in [2.45, 2.75) is 33.2 Å². The molecule has 0 aliphatic rings. The molecule has 0 aromatic carbocycles. The summed E-state index contributed by atoms with van der Waals surface area (Å²) in [6.45, 7) is 7.68. The van der Waals surface area contributed by atoms with E-state index in [0.717, 1.165) is 7.76 Å². The molecule has 5 heteroatoms. The predicted octanol–water partition coefficient (Wildman–Crippen LogP) is 3.55. The first-order valence-corrected chi connectivity index (χ1v) is 6.43. The maximum Gasteiger partial charge on any atom is 0.413 e. The molecular formula is C10H14INO2S. The molecule has 1 rings (SSSR count). The number of ether oxygens (including phenoxy) is 1. The highest BCUT2D eigenvalue weighted by molar-refractivity contribution is 14.1. The van der Waals surface area contributed by atoms with E-state index in [0.29, 0.717) is 5.75 Å². The summed E-state index contributed by atoms with van der Waals surface area (Å²) in [6, 6.07) is 1.86. The number of amides is 1. The van der Waals surface area contributed by atoms with Gasteiger partial charge in [0.05, 0.1) is 2.88 Å². The van der Waals surface area contributed by atoms with Crippen LogP contribution in [0.15, 0.2) is 6.07 Å². The first kappa shape index (κ1) is 12.8. The second kappa shape index (κ2) is 4.69. The number of halogens is 1. The van der Waals surface area contributed by atoms with E-state index in [1.807, 2.05) is 33.8 Å². The first-order valence-electron chi connectivity index (χ1n) is 4.54. The molecule has 1 aromatic rings. The number of aryl methyl sites for hydroxylation is 1. The van der Waals surface area contributed by atoms with E-state index in [2.05, 4.69) is 27.9 Å². The van der Waals surface area contributed by atoms with Crippen molar-refractivity contribution in [1.82, 2.24) is 5.32 Å². The van der Waals surface area contributed by atoms with E-state index in [1.165, 1.54) is 0 Å². The topological polar surface area (TPSA) is 38.3 Å². The zero-order valence-electron chi connectivity index (χ0n) is 9.18. The SMILES string of the molecule is Cc1sc(I)cc1OC(=O)NC(C)(C)C. The molecule has 0 fully saturated rings.